The molecular formula is C41H40F2N2O15. The van der Waals surface area contributed by atoms with Crippen LogP contribution in [0.4, 0.5) is 20.2 Å². The summed E-state index contributed by atoms with van der Waals surface area (Å²) in [7, 11) is 4.62. The predicted octanol–water partition coefficient (Wildman–Crippen LogP) is 4.05. The largest absolute Gasteiger partial charge is 0.505 e. The van der Waals surface area contributed by atoms with Crippen molar-refractivity contribution in [3.05, 3.63) is 94.6 Å². The van der Waals surface area contributed by atoms with Crippen molar-refractivity contribution in [2.75, 3.05) is 77.6 Å². The Hall–Kier alpha value is -7.31. The highest BCUT2D eigenvalue weighted by atomic mass is 19.1. The first-order valence-electron chi connectivity index (χ1n) is 17.9. The van der Waals surface area contributed by atoms with Crippen LogP contribution in [0.15, 0.2) is 60.7 Å². The Labute approximate surface area is 341 Å². The van der Waals surface area contributed by atoms with Crippen LogP contribution in [0.3, 0.4) is 0 Å². The quantitative estimate of drug-likeness (QED) is 0.0644. The third-order valence-corrected chi connectivity index (χ3v) is 9.17. The van der Waals surface area contributed by atoms with Gasteiger partial charge in [-0.05, 0) is 47.5 Å². The molecule has 0 atom stereocenters. The lowest BCUT2D eigenvalue weighted by atomic mass is 9.82. The highest BCUT2D eigenvalue weighted by Crippen LogP contribution is 2.51. The number of carboxylic acids is 1. The van der Waals surface area contributed by atoms with Gasteiger partial charge in [-0.25, -0.2) is 8.78 Å². The number of aromatic hydroxyl groups is 2. The standard InChI is InChI=1S/C41H40F2N2O15/c1-54-37(50)18-44(19-38(51)55-2)28-7-6-23(41-24-14-26(42)30(46)16-33(24)60-34-17-31(47)27(43)15-25(34)41)13-35(28)59-10-9-58-32-8-5-22(12-36(48)49)11-29(32)45(20-39(52)56-3)21-40(53)57-4/h5-8,11,13-17,41,46-47H,9-10,12,18-21H2,1-4H3,(H,48,49). The maximum atomic E-state index is 14.9. The van der Waals surface area contributed by atoms with Crippen LogP contribution in [0.1, 0.15) is 28.2 Å². The van der Waals surface area contributed by atoms with E-state index in [1.807, 2.05) is 0 Å². The highest BCUT2D eigenvalue weighted by molar-refractivity contribution is 5.84. The van der Waals surface area contributed by atoms with E-state index in [4.69, 9.17) is 33.2 Å². The van der Waals surface area contributed by atoms with Crippen LogP contribution in [0.2, 0.25) is 0 Å². The number of phenolic OH excluding ortho intramolecular Hbond substituents is 2. The molecule has 0 saturated carbocycles. The Morgan fingerprint density at radius 3 is 1.55 bits per heavy atom. The molecule has 0 amide bonds. The molecule has 1 heterocycles. The first-order chi connectivity index (χ1) is 28.6. The molecule has 1 aliphatic rings. The van der Waals surface area contributed by atoms with Crippen LogP contribution >= 0.6 is 0 Å². The second kappa shape index (κ2) is 19.4. The molecule has 0 radical (unpaired) electrons. The molecule has 0 aromatic heterocycles. The van der Waals surface area contributed by atoms with Crippen LogP contribution in [0.25, 0.3) is 0 Å². The van der Waals surface area contributed by atoms with Crippen molar-refractivity contribution in [1.82, 2.24) is 0 Å². The number of fused-ring (bicyclic) bond motifs is 2. The zero-order valence-corrected chi connectivity index (χ0v) is 32.7. The lowest BCUT2D eigenvalue weighted by Crippen LogP contribution is -2.36. The number of anilines is 2. The smallest absolute Gasteiger partial charge is 0.325 e. The van der Waals surface area contributed by atoms with E-state index in [1.54, 1.807) is 6.07 Å². The molecule has 1 aliphatic heterocycles. The lowest BCUT2D eigenvalue weighted by Gasteiger charge is -2.30. The van der Waals surface area contributed by atoms with Gasteiger partial charge in [0.25, 0.3) is 0 Å². The number of hydrogen-bond donors (Lipinski definition) is 3. The number of methoxy groups -OCH3 is 4. The van der Waals surface area contributed by atoms with Gasteiger partial charge < -0.3 is 58.3 Å². The number of aliphatic carboxylic acids is 1. The van der Waals surface area contributed by atoms with Crippen molar-refractivity contribution in [1.29, 1.82) is 0 Å². The first-order valence-corrected chi connectivity index (χ1v) is 17.9. The summed E-state index contributed by atoms with van der Waals surface area (Å²) in [6.45, 7) is -2.25. The van der Waals surface area contributed by atoms with Gasteiger partial charge in [-0.3, -0.25) is 24.0 Å². The number of halogens is 2. The fourth-order valence-electron chi connectivity index (χ4n) is 6.33. The van der Waals surface area contributed by atoms with E-state index in [1.165, 1.54) is 40.1 Å². The van der Waals surface area contributed by atoms with Gasteiger partial charge in [-0.1, -0.05) is 12.1 Å². The molecule has 0 aliphatic carbocycles. The van der Waals surface area contributed by atoms with Crippen LogP contribution in [-0.2, 0) is 49.3 Å². The van der Waals surface area contributed by atoms with Crippen molar-refractivity contribution in [3.8, 4) is 34.5 Å². The number of hydrogen-bond acceptors (Lipinski definition) is 16. The Balaban J connectivity index is 1.56. The Kier molecular flexibility index (Phi) is 14.2. The van der Waals surface area contributed by atoms with E-state index in [0.29, 0.717) is 11.1 Å². The van der Waals surface area contributed by atoms with E-state index < -0.39 is 91.5 Å². The summed E-state index contributed by atoms with van der Waals surface area (Å²) in [4.78, 5) is 63.9. The Bertz CT molecular complexity index is 2190. The molecule has 4 aromatic rings. The molecular weight excluding hydrogens is 798 g/mol. The summed E-state index contributed by atoms with van der Waals surface area (Å²) in [5, 5.41) is 29.7. The molecule has 0 saturated heterocycles. The van der Waals surface area contributed by atoms with E-state index in [9.17, 15) is 48.1 Å². The van der Waals surface area contributed by atoms with Crippen LogP contribution in [0, 0.1) is 11.6 Å². The number of ether oxygens (including phenoxy) is 7. The average Bonchev–Trinajstić information content (AvgIpc) is 3.22. The van der Waals surface area contributed by atoms with Gasteiger partial charge in [0.2, 0.25) is 0 Å². The third-order valence-electron chi connectivity index (χ3n) is 9.17. The number of rotatable bonds is 18. The minimum absolute atomic E-state index is 0.00832. The van der Waals surface area contributed by atoms with Crippen molar-refractivity contribution in [3.63, 3.8) is 0 Å². The third kappa shape index (κ3) is 10.4. The minimum atomic E-state index is -1.14. The van der Waals surface area contributed by atoms with Gasteiger partial charge in [0, 0.05) is 29.2 Å². The molecule has 0 unspecified atom stereocenters. The molecule has 19 heteroatoms. The van der Waals surface area contributed by atoms with Crippen LogP contribution in [-0.4, -0.2) is 113 Å². The highest BCUT2D eigenvalue weighted by Gasteiger charge is 2.33. The zero-order chi connectivity index (χ0) is 43.7. The number of carbonyl (C=O) groups is 5. The zero-order valence-electron chi connectivity index (χ0n) is 32.7. The fourth-order valence-corrected chi connectivity index (χ4v) is 6.33. The molecule has 0 fully saturated rings. The number of carbonyl (C=O) groups excluding carboxylic acids is 4. The van der Waals surface area contributed by atoms with Crippen LogP contribution < -0.4 is 24.0 Å². The molecule has 0 spiro atoms. The number of phenols is 2. The molecule has 5 rings (SSSR count). The van der Waals surface area contributed by atoms with Gasteiger partial charge in [0.05, 0.1) is 46.2 Å². The van der Waals surface area contributed by atoms with E-state index in [2.05, 4.69) is 0 Å². The molecule has 17 nitrogen and oxygen atoms in total. The second-order valence-corrected chi connectivity index (χ2v) is 13.0. The molecule has 318 valence electrons. The van der Waals surface area contributed by atoms with Crippen molar-refractivity contribution < 1.29 is 81.2 Å². The maximum absolute atomic E-state index is 14.9. The molecule has 4 aromatic carbocycles. The SMILES string of the molecule is COC(=O)CN(CC(=O)OC)c1ccc(C2c3cc(F)c(O)cc3Oc3cc(O)c(F)cc32)cc1OCCOc1ccc(CC(=O)O)cc1N(CC(=O)OC)CC(=O)OC. The Morgan fingerprint density at radius 2 is 1.08 bits per heavy atom. The predicted molar refractivity (Wildman–Crippen MR) is 205 cm³/mol. The number of benzene rings is 4. The van der Waals surface area contributed by atoms with Crippen LogP contribution in [0.5, 0.6) is 34.5 Å². The number of carboxylic acid groups (broad SMARTS) is 1. The molecule has 3 N–H and O–H groups in total. The normalized spacial score (nSPS) is 11.6. The Morgan fingerprint density at radius 1 is 0.617 bits per heavy atom. The van der Waals surface area contributed by atoms with E-state index >= 15 is 0 Å². The van der Waals surface area contributed by atoms with Gasteiger partial charge in [-0.2, -0.15) is 0 Å². The molecule has 0 bridgehead atoms. The van der Waals surface area contributed by atoms with Crippen molar-refractivity contribution in [2.24, 2.45) is 0 Å². The summed E-state index contributed by atoms with van der Waals surface area (Å²) in [6, 6.07) is 13.0. The van der Waals surface area contributed by atoms with E-state index in [-0.39, 0.29) is 58.7 Å². The fraction of sp³-hybridized carbons (Fsp3) is 0.293. The summed E-state index contributed by atoms with van der Waals surface area (Å²) in [6.07, 6.45) is -0.392. The summed E-state index contributed by atoms with van der Waals surface area (Å²) in [5.41, 5.74) is 1.35. The second-order valence-electron chi connectivity index (χ2n) is 13.0. The minimum Gasteiger partial charge on any atom is -0.505 e. The van der Waals surface area contributed by atoms with Gasteiger partial charge in [0.1, 0.15) is 62.4 Å². The first kappa shape index (κ1) is 43.8. The maximum Gasteiger partial charge on any atom is 0.325 e. The number of esters is 4. The van der Waals surface area contributed by atoms with Gasteiger partial charge in [0.15, 0.2) is 23.1 Å². The lowest BCUT2D eigenvalue weighted by molar-refractivity contribution is -0.141. The van der Waals surface area contributed by atoms with Gasteiger partial charge >= 0.3 is 29.8 Å². The average molecular weight is 839 g/mol. The summed E-state index contributed by atoms with van der Waals surface area (Å²) < 4.78 is 67.2. The monoisotopic (exact) mass is 838 g/mol. The van der Waals surface area contributed by atoms with E-state index in [0.717, 1.165) is 52.7 Å². The number of nitrogens with zero attached hydrogens (tertiary/aromatic N) is 2. The van der Waals surface area contributed by atoms with Gasteiger partial charge in [-0.15, -0.1) is 0 Å². The van der Waals surface area contributed by atoms with Crippen molar-refractivity contribution >= 4 is 41.2 Å². The van der Waals surface area contributed by atoms with Crippen molar-refractivity contribution in [2.45, 2.75) is 12.3 Å². The summed E-state index contributed by atoms with van der Waals surface area (Å²) in [5.74, 6) is -8.29. The summed E-state index contributed by atoms with van der Waals surface area (Å²) >= 11 is 0. The molecule has 60 heavy (non-hydrogen) atoms. The topological polar surface area (TPSA) is 217 Å².